The lowest BCUT2D eigenvalue weighted by Crippen LogP contribution is -2.09. The first kappa shape index (κ1) is 23.3. The molecule has 0 spiro atoms. The van der Waals surface area contributed by atoms with Crippen LogP contribution in [0.4, 0.5) is 11.4 Å². The summed E-state index contributed by atoms with van der Waals surface area (Å²) in [6.07, 6.45) is 4.10. The molecule has 5 heteroatoms. The molecule has 0 aliphatic heterocycles. The Labute approximate surface area is 201 Å². The molecule has 4 aromatic rings. The van der Waals surface area contributed by atoms with E-state index in [1.54, 1.807) is 0 Å². The lowest BCUT2D eigenvalue weighted by atomic mass is 10.0. The minimum absolute atomic E-state index is 0.380. The van der Waals surface area contributed by atoms with Crippen LogP contribution in [0.2, 0.25) is 0 Å². The monoisotopic (exact) mass is 452 g/mol. The molecule has 5 nitrogen and oxygen atoms in total. The smallest absolute Gasteiger partial charge is 0.138 e. The molecule has 1 aromatic heterocycles. The highest BCUT2D eigenvalue weighted by molar-refractivity contribution is 5.82. The maximum atomic E-state index is 5.93. The zero-order chi connectivity index (χ0) is 23.9. The minimum Gasteiger partial charge on any atom is -0.399 e. The van der Waals surface area contributed by atoms with Crippen molar-refractivity contribution in [3.05, 3.63) is 84.4 Å². The summed E-state index contributed by atoms with van der Waals surface area (Å²) in [5.41, 5.74) is 13.9. The number of H-pyrrole nitrogens is 1. The Balaban J connectivity index is 1.68. The van der Waals surface area contributed by atoms with E-state index >= 15 is 0 Å². The second-order valence-corrected chi connectivity index (χ2v) is 8.49. The van der Waals surface area contributed by atoms with E-state index in [4.69, 9.17) is 15.5 Å². The van der Waals surface area contributed by atoms with E-state index in [1.165, 1.54) is 0 Å². The molecule has 0 aliphatic rings. The molecule has 0 saturated heterocycles. The maximum absolute atomic E-state index is 5.93. The van der Waals surface area contributed by atoms with E-state index in [9.17, 15) is 0 Å². The molecule has 4 rings (SSSR count). The Morgan fingerprint density at radius 3 is 2.21 bits per heavy atom. The van der Waals surface area contributed by atoms with Crippen molar-refractivity contribution in [2.75, 3.05) is 24.3 Å². The Kier molecular flexibility index (Phi) is 7.45. The second kappa shape index (κ2) is 10.9. The number of aromatic nitrogens is 2. The quantitative estimate of drug-likeness (QED) is 0.191. The Morgan fingerprint density at radius 1 is 0.912 bits per heavy atom. The molecule has 3 aromatic carbocycles. The van der Waals surface area contributed by atoms with Crippen molar-refractivity contribution in [2.45, 2.75) is 26.8 Å². The van der Waals surface area contributed by atoms with Crippen molar-refractivity contribution < 1.29 is 4.74 Å². The number of imidazole rings is 1. The minimum atomic E-state index is 0.380. The number of hydrogen-bond donors (Lipinski definition) is 3. The standard InChI is InChI=1S/C29H32N4O/c1-4-34-19-5-6-21-7-9-24(10-8-21)29-32-27(22-11-15-25(30)16-12-22)28(33-29)23-13-17-26(18-14-23)31-20(2)3/h5-18,20,31H,4,19,30H2,1-3H3,(H,32,33)/b6-5+. The van der Waals surface area contributed by atoms with E-state index in [0.717, 1.165) is 57.4 Å². The van der Waals surface area contributed by atoms with Crippen LogP contribution < -0.4 is 11.1 Å². The lowest BCUT2D eigenvalue weighted by molar-refractivity contribution is 0.178. The van der Waals surface area contributed by atoms with Gasteiger partial charge in [-0.2, -0.15) is 0 Å². The van der Waals surface area contributed by atoms with Crippen LogP contribution in [0.25, 0.3) is 40.0 Å². The average molecular weight is 453 g/mol. The predicted octanol–water partition coefficient (Wildman–Crippen LogP) is 6.86. The highest BCUT2D eigenvalue weighted by atomic mass is 16.5. The van der Waals surface area contributed by atoms with Gasteiger partial charge in [-0.15, -0.1) is 0 Å². The van der Waals surface area contributed by atoms with Gasteiger partial charge in [-0.25, -0.2) is 4.98 Å². The predicted molar refractivity (Wildman–Crippen MR) is 144 cm³/mol. The van der Waals surface area contributed by atoms with Crippen LogP contribution in [-0.4, -0.2) is 29.2 Å². The van der Waals surface area contributed by atoms with E-state index in [2.05, 4.69) is 78.8 Å². The summed E-state index contributed by atoms with van der Waals surface area (Å²) in [4.78, 5) is 8.56. The highest BCUT2D eigenvalue weighted by Crippen LogP contribution is 2.34. The molecule has 34 heavy (non-hydrogen) atoms. The third kappa shape index (κ3) is 5.74. The summed E-state index contributed by atoms with van der Waals surface area (Å²) in [6, 6.07) is 25.0. The molecule has 0 atom stereocenters. The fraction of sp³-hybridized carbons (Fsp3) is 0.207. The number of nitrogens with zero attached hydrogens (tertiary/aromatic N) is 1. The highest BCUT2D eigenvalue weighted by Gasteiger charge is 2.15. The molecule has 0 amide bonds. The molecular formula is C29H32N4O. The third-order valence-corrected chi connectivity index (χ3v) is 5.43. The van der Waals surface area contributed by atoms with Crippen LogP contribution in [0.3, 0.4) is 0 Å². The SMILES string of the molecule is CCOC/C=C/c1ccc(-c2nc(-c3ccc(NC(C)C)cc3)c(-c3ccc(N)cc3)[nH]2)cc1. The van der Waals surface area contributed by atoms with Crippen LogP contribution in [0.5, 0.6) is 0 Å². The number of rotatable bonds is 9. The molecule has 0 radical (unpaired) electrons. The summed E-state index contributed by atoms with van der Waals surface area (Å²) in [6.45, 7) is 7.60. The summed E-state index contributed by atoms with van der Waals surface area (Å²) in [5, 5.41) is 3.44. The van der Waals surface area contributed by atoms with Gasteiger partial charge in [0.2, 0.25) is 0 Å². The van der Waals surface area contributed by atoms with Gasteiger partial charge in [0.25, 0.3) is 0 Å². The van der Waals surface area contributed by atoms with Crippen LogP contribution in [-0.2, 0) is 4.74 Å². The molecule has 0 bridgehead atoms. The van der Waals surface area contributed by atoms with E-state index in [0.29, 0.717) is 12.6 Å². The first-order valence-corrected chi connectivity index (χ1v) is 11.7. The van der Waals surface area contributed by atoms with E-state index < -0.39 is 0 Å². The average Bonchev–Trinajstić information content (AvgIpc) is 3.28. The van der Waals surface area contributed by atoms with E-state index in [1.807, 2.05) is 37.3 Å². The summed E-state index contributed by atoms with van der Waals surface area (Å²) in [5.74, 6) is 0.830. The topological polar surface area (TPSA) is 76.0 Å². The van der Waals surface area contributed by atoms with Crippen molar-refractivity contribution >= 4 is 17.5 Å². The number of anilines is 2. The molecule has 0 saturated carbocycles. The molecule has 4 N–H and O–H groups in total. The van der Waals surface area contributed by atoms with Gasteiger partial charge in [0.05, 0.1) is 18.0 Å². The molecule has 1 heterocycles. The van der Waals surface area contributed by atoms with Crippen molar-refractivity contribution in [3.63, 3.8) is 0 Å². The number of nitrogen functional groups attached to an aromatic ring is 1. The molecule has 0 fully saturated rings. The second-order valence-electron chi connectivity index (χ2n) is 8.49. The van der Waals surface area contributed by atoms with Crippen molar-refractivity contribution in [1.29, 1.82) is 0 Å². The van der Waals surface area contributed by atoms with Gasteiger partial charge >= 0.3 is 0 Å². The number of aromatic amines is 1. The zero-order valence-corrected chi connectivity index (χ0v) is 20.0. The van der Waals surface area contributed by atoms with Gasteiger partial charge < -0.3 is 20.8 Å². The van der Waals surface area contributed by atoms with Gasteiger partial charge in [0, 0.05) is 40.7 Å². The summed E-state index contributed by atoms with van der Waals surface area (Å²) >= 11 is 0. The number of nitrogens with two attached hydrogens (primary N) is 1. The van der Waals surface area contributed by atoms with Gasteiger partial charge in [0.15, 0.2) is 0 Å². The van der Waals surface area contributed by atoms with Gasteiger partial charge in [-0.1, -0.05) is 60.7 Å². The Hall–Kier alpha value is -3.83. The fourth-order valence-corrected chi connectivity index (χ4v) is 3.76. The molecule has 0 aliphatic carbocycles. The van der Waals surface area contributed by atoms with Crippen LogP contribution in [0.15, 0.2) is 78.9 Å². The Morgan fingerprint density at radius 2 is 1.56 bits per heavy atom. The summed E-state index contributed by atoms with van der Waals surface area (Å²) < 4.78 is 5.37. The largest absolute Gasteiger partial charge is 0.399 e. The third-order valence-electron chi connectivity index (χ3n) is 5.43. The van der Waals surface area contributed by atoms with Crippen LogP contribution in [0.1, 0.15) is 26.3 Å². The molecular weight excluding hydrogens is 420 g/mol. The number of nitrogens with one attached hydrogen (secondary N) is 2. The lowest BCUT2D eigenvalue weighted by Gasteiger charge is -2.10. The molecule has 0 unspecified atom stereocenters. The number of ether oxygens (including phenoxy) is 1. The Bertz CT molecular complexity index is 1220. The normalized spacial score (nSPS) is 11.4. The van der Waals surface area contributed by atoms with Crippen molar-refractivity contribution in [2.24, 2.45) is 0 Å². The summed E-state index contributed by atoms with van der Waals surface area (Å²) in [7, 11) is 0. The van der Waals surface area contributed by atoms with Gasteiger partial charge in [0.1, 0.15) is 5.82 Å². The molecule has 174 valence electrons. The maximum Gasteiger partial charge on any atom is 0.138 e. The van der Waals surface area contributed by atoms with Crippen molar-refractivity contribution in [1.82, 2.24) is 9.97 Å². The first-order chi connectivity index (χ1) is 16.5. The van der Waals surface area contributed by atoms with Crippen molar-refractivity contribution in [3.8, 4) is 33.9 Å². The van der Waals surface area contributed by atoms with Gasteiger partial charge in [-0.05, 0) is 50.6 Å². The zero-order valence-electron chi connectivity index (χ0n) is 20.0. The van der Waals surface area contributed by atoms with Crippen LogP contribution in [0, 0.1) is 0 Å². The number of hydrogen-bond acceptors (Lipinski definition) is 4. The first-order valence-electron chi connectivity index (χ1n) is 11.7. The number of benzene rings is 3. The fourth-order valence-electron chi connectivity index (χ4n) is 3.76. The van der Waals surface area contributed by atoms with E-state index in [-0.39, 0.29) is 0 Å². The van der Waals surface area contributed by atoms with Gasteiger partial charge in [-0.3, -0.25) is 0 Å². The van der Waals surface area contributed by atoms with Crippen LogP contribution >= 0.6 is 0 Å².